The molecule has 0 bridgehead atoms. The molecule has 3 rings (SSSR count). The summed E-state index contributed by atoms with van der Waals surface area (Å²) >= 11 is 0. The van der Waals surface area contributed by atoms with Crippen LogP contribution in [0.2, 0.25) is 0 Å². The van der Waals surface area contributed by atoms with Crippen molar-refractivity contribution >= 4 is 5.91 Å². The molecule has 1 aliphatic heterocycles. The first-order valence-electron chi connectivity index (χ1n) is 9.16. The Morgan fingerprint density at radius 1 is 1.28 bits per heavy atom. The van der Waals surface area contributed by atoms with Gasteiger partial charge in [-0.15, -0.1) is 0 Å². The van der Waals surface area contributed by atoms with Crippen LogP contribution in [0.1, 0.15) is 58.4 Å². The second kappa shape index (κ2) is 7.79. The monoisotopic (exact) mass is 337 g/mol. The molecule has 1 aromatic carbocycles. The highest BCUT2D eigenvalue weighted by atomic mass is 16.2. The summed E-state index contributed by atoms with van der Waals surface area (Å²) in [5.74, 6) is 0.630. The fraction of sp³-hybridized carbons (Fsp3) is 0.429. The Labute approximate surface area is 150 Å². The highest BCUT2D eigenvalue weighted by Gasteiger charge is 2.26. The second-order valence-electron chi connectivity index (χ2n) is 6.81. The number of carbonyl (C=O) groups excluding carboxylic acids is 1. The number of nitrogens with two attached hydrogens (primary N) is 1. The summed E-state index contributed by atoms with van der Waals surface area (Å²) in [4.78, 5) is 19.2. The summed E-state index contributed by atoms with van der Waals surface area (Å²) in [6.07, 6.45) is 4.54. The van der Waals surface area contributed by atoms with Gasteiger partial charge in [-0.3, -0.25) is 9.78 Å². The summed E-state index contributed by atoms with van der Waals surface area (Å²) < 4.78 is 0. The van der Waals surface area contributed by atoms with Crippen LogP contribution in [0.15, 0.2) is 36.5 Å². The molecule has 1 aromatic heterocycles. The van der Waals surface area contributed by atoms with Crippen LogP contribution in [0, 0.1) is 6.92 Å². The average Bonchev–Trinajstić information content (AvgIpc) is 2.68. The van der Waals surface area contributed by atoms with Gasteiger partial charge in [0.1, 0.15) is 0 Å². The zero-order valence-corrected chi connectivity index (χ0v) is 15.2. The third kappa shape index (κ3) is 3.74. The first-order chi connectivity index (χ1) is 12.1. The van der Waals surface area contributed by atoms with Crippen molar-refractivity contribution in [2.24, 2.45) is 5.73 Å². The van der Waals surface area contributed by atoms with Crippen molar-refractivity contribution < 1.29 is 4.79 Å². The molecule has 0 spiro atoms. The van der Waals surface area contributed by atoms with Crippen molar-refractivity contribution in [2.75, 3.05) is 13.1 Å². The molecule has 1 aliphatic rings. The highest BCUT2D eigenvalue weighted by Crippen LogP contribution is 2.31. The van der Waals surface area contributed by atoms with Gasteiger partial charge < -0.3 is 10.6 Å². The van der Waals surface area contributed by atoms with Gasteiger partial charge in [-0.25, -0.2) is 0 Å². The summed E-state index contributed by atoms with van der Waals surface area (Å²) in [5, 5.41) is 0. The van der Waals surface area contributed by atoms with Crippen LogP contribution in [-0.4, -0.2) is 28.9 Å². The minimum Gasteiger partial charge on any atom is -0.339 e. The third-order valence-corrected chi connectivity index (χ3v) is 5.26. The smallest absolute Gasteiger partial charge is 0.255 e. The standard InChI is InChI=1S/C21H27N3O/c1-3-20-18(5-4-10-23-20)21(25)24-11-8-17(9-12-24)19-13-16(14-22)7-6-15(19)2/h4-7,10,13,17H,3,8-9,11-12,14,22H2,1-2H3. The number of aryl methyl sites for hydroxylation is 2. The van der Waals surface area contributed by atoms with Crippen LogP contribution in [0.4, 0.5) is 0 Å². The van der Waals surface area contributed by atoms with Crippen LogP contribution in [0.3, 0.4) is 0 Å². The van der Waals surface area contributed by atoms with E-state index in [9.17, 15) is 4.79 Å². The Bertz CT molecular complexity index is 749. The molecule has 0 unspecified atom stereocenters. The molecule has 25 heavy (non-hydrogen) atoms. The van der Waals surface area contributed by atoms with Crippen molar-refractivity contribution in [1.29, 1.82) is 0 Å². The number of hydrogen-bond donors (Lipinski definition) is 1. The fourth-order valence-corrected chi connectivity index (χ4v) is 3.74. The maximum atomic E-state index is 12.9. The van der Waals surface area contributed by atoms with Gasteiger partial charge in [0.25, 0.3) is 5.91 Å². The molecule has 132 valence electrons. The molecule has 1 saturated heterocycles. The Balaban J connectivity index is 1.71. The summed E-state index contributed by atoms with van der Waals surface area (Å²) in [7, 11) is 0. The van der Waals surface area contributed by atoms with E-state index in [0.717, 1.165) is 43.6 Å². The lowest BCUT2D eigenvalue weighted by Gasteiger charge is -2.33. The fourth-order valence-electron chi connectivity index (χ4n) is 3.74. The molecular formula is C21H27N3O. The number of likely N-dealkylation sites (tertiary alicyclic amines) is 1. The van der Waals surface area contributed by atoms with Gasteiger partial charge in [0, 0.05) is 25.8 Å². The normalized spacial score (nSPS) is 15.4. The van der Waals surface area contributed by atoms with Crippen molar-refractivity contribution in [3.05, 3.63) is 64.5 Å². The van der Waals surface area contributed by atoms with Gasteiger partial charge in [-0.2, -0.15) is 0 Å². The average molecular weight is 337 g/mol. The predicted molar refractivity (Wildman–Crippen MR) is 101 cm³/mol. The van der Waals surface area contributed by atoms with Gasteiger partial charge >= 0.3 is 0 Å². The minimum absolute atomic E-state index is 0.121. The Kier molecular flexibility index (Phi) is 5.49. The summed E-state index contributed by atoms with van der Waals surface area (Å²) in [6, 6.07) is 10.3. The third-order valence-electron chi connectivity index (χ3n) is 5.26. The van der Waals surface area contributed by atoms with E-state index in [1.165, 1.54) is 16.7 Å². The van der Waals surface area contributed by atoms with E-state index in [1.807, 2.05) is 24.0 Å². The largest absolute Gasteiger partial charge is 0.339 e. The lowest BCUT2D eigenvalue weighted by Crippen LogP contribution is -2.38. The molecule has 0 atom stereocenters. The van der Waals surface area contributed by atoms with Crippen LogP contribution in [0.25, 0.3) is 0 Å². The van der Waals surface area contributed by atoms with Gasteiger partial charge in [0.2, 0.25) is 0 Å². The first kappa shape index (κ1) is 17.6. The van der Waals surface area contributed by atoms with Gasteiger partial charge in [0.15, 0.2) is 0 Å². The number of pyridine rings is 1. The molecule has 0 radical (unpaired) electrons. The summed E-state index contributed by atoms with van der Waals surface area (Å²) in [5.41, 5.74) is 11.3. The van der Waals surface area contributed by atoms with E-state index < -0.39 is 0 Å². The zero-order chi connectivity index (χ0) is 17.8. The number of benzene rings is 1. The quantitative estimate of drug-likeness (QED) is 0.930. The number of nitrogens with zero attached hydrogens (tertiary/aromatic N) is 2. The van der Waals surface area contributed by atoms with Gasteiger partial charge in [0.05, 0.1) is 11.3 Å². The van der Waals surface area contributed by atoms with E-state index in [0.29, 0.717) is 12.5 Å². The maximum Gasteiger partial charge on any atom is 0.255 e. The van der Waals surface area contributed by atoms with E-state index in [4.69, 9.17) is 5.73 Å². The number of aromatic nitrogens is 1. The number of hydrogen-bond acceptors (Lipinski definition) is 3. The molecule has 4 nitrogen and oxygen atoms in total. The lowest BCUT2D eigenvalue weighted by molar-refractivity contribution is 0.0711. The van der Waals surface area contributed by atoms with E-state index in [-0.39, 0.29) is 5.91 Å². The second-order valence-corrected chi connectivity index (χ2v) is 6.81. The predicted octanol–water partition coefficient (Wildman–Crippen LogP) is 3.43. The maximum absolute atomic E-state index is 12.9. The van der Waals surface area contributed by atoms with Crippen molar-refractivity contribution in [2.45, 2.75) is 45.6 Å². The Morgan fingerprint density at radius 3 is 2.72 bits per heavy atom. The van der Waals surface area contributed by atoms with Crippen LogP contribution >= 0.6 is 0 Å². The minimum atomic E-state index is 0.121. The molecule has 4 heteroatoms. The highest BCUT2D eigenvalue weighted by molar-refractivity contribution is 5.95. The Morgan fingerprint density at radius 2 is 2.04 bits per heavy atom. The zero-order valence-electron chi connectivity index (χ0n) is 15.2. The van der Waals surface area contributed by atoms with Crippen LogP contribution < -0.4 is 5.73 Å². The number of piperidine rings is 1. The molecule has 1 amide bonds. The molecule has 0 saturated carbocycles. The van der Waals surface area contributed by atoms with E-state index >= 15 is 0 Å². The van der Waals surface area contributed by atoms with Crippen molar-refractivity contribution in [1.82, 2.24) is 9.88 Å². The van der Waals surface area contributed by atoms with Crippen molar-refractivity contribution in [3.63, 3.8) is 0 Å². The van der Waals surface area contributed by atoms with Crippen molar-refractivity contribution in [3.8, 4) is 0 Å². The number of amides is 1. The molecule has 2 heterocycles. The lowest BCUT2D eigenvalue weighted by atomic mass is 9.85. The first-order valence-corrected chi connectivity index (χ1v) is 9.16. The Hall–Kier alpha value is -2.20. The van der Waals surface area contributed by atoms with Crippen LogP contribution in [-0.2, 0) is 13.0 Å². The molecule has 2 aromatic rings. The summed E-state index contributed by atoms with van der Waals surface area (Å²) in [6.45, 7) is 6.38. The number of carbonyl (C=O) groups is 1. The molecule has 0 aliphatic carbocycles. The van der Waals surface area contributed by atoms with Gasteiger partial charge in [-0.1, -0.05) is 25.1 Å². The van der Waals surface area contributed by atoms with Crippen LogP contribution in [0.5, 0.6) is 0 Å². The topological polar surface area (TPSA) is 59.2 Å². The SMILES string of the molecule is CCc1ncccc1C(=O)N1CCC(c2cc(CN)ccc2C)CC1. The molecular weight excluding hydrogens is 310 g/mol. The molecule has 1 fully saturated rings. The molecule has 2 N–H and O–H groups in total. The van der Waals surface area contributed by atoms with E-state index in [1.54, 1.807) is 6.20 Å². The number of rotatable bonds is 4. The van der Waals surface area contributed by atoms with E-state index in [2.05, 4.69) is 30.1 Å². The van der Waals surface area contributed by atoms with Gasteiger partial charge in [-0.05, 0) is 60.9 Å².